The minimum absolute atomic E-state index is 0.0115. The molecular formula is C12H16NO3+. The number of carbonyl (C=O) groups excluding carboxylic acids is 2. The molecule has 0 amide bonds. The van der Waals surface area contributed by atoms with Gasteiger partial charge in [-0.2, -0.15) is 0 Å². The highest BCUT2D eigenvalue weighted by Gasteiger charge is 2.14. The summed E-state index contributed by atoms with van der Waals surface area (Å²) in [4.78, 5) is 22.3. The maximum Gasteiger partial charge on any atom is 0.187 e. The Morgan fingerprint density at radius 1 is 1.38 bits per heavy atom. The standard InChI is InChI=1S/C12H15NO3/c1-7(14)10-5-9(3-4-12(10)16)6-11(13)8(2)15/h3-5,11,16H,6,13H2,1-2H3/p+1/t11-/m0/s1. The third-order valence-corrected chi connectivity index (χ3v) is 2.50. The highest BCUT2D eigenvalue weighted by molar-refractivity contribution is 5.96. The maximum absolute atomic E-state index is 11.2. The molecule has 1 aromatic carbocycles. The highest BCUT2D eigenvalue weighted by Crippen LogP contribution is 2.19. The number of aromatic hydroxyl groups is 1. The molecule has 0 bridgehead atoms. The summed E-state index contributed by atoms with van der Waals surface area (Å²) in [5.41, 5.74) is 4.85. The summed E-state index contributed by atoms with van der Waals surface area (Å²) in [6.07, 6.45) is 0.482. The van der Waals surface area contributed by atoms with Crippen LogP contribution in [0, 0.1) is 0 Å². The molecule has 0 aliphatic heterocycles. The Morgan fingerprint density at radius 3 is 2.50 bits per heavy atom. The number of benzene rings is 1. The van der Waals surface area contributed by atoms with Crippen LogP contribution in [0.3, 0.4) is 0 Å². The average molecular weight is 222 g/mol. The van der Waals surface area contributed by atoms with E-state index in [1.807, 2.05) is 0 Å². The smallest absolute Gasteiger partial charge is 0.187 e. The van der Waals surface area contributed by atoms with Gasteiger partial charge in [0.15, 0.2) is 11.6 Å². The van der Waals surface area contributed by atoms with Crippen molar-refractivity contribution in [1.82, 2.24) is 0 Å². The number of carbonyl (C=O) groups is 2. The van der Waals surface area contributed by atoms with Crippen molar-refractivity contribution in [2.75, 3.05) is 0 Å². The molecule has 0 spiro atoms. The molecule has 16 heavy (non-hydrogen) atoms. The first-order valence-electron chi connectivity index (χ1n) is 5.08. The number of phenolic OH excluding ortho intramolecular Hbond substituents is 1. The lowest BCUT2D eigenvalue weighted by atomic mass is 10.00. The molecule has 0 fully saturated rings. The Kier molecular flexibility index (Phi) is 3.79. The third kappa shape index (κ3) is 2.90. The quantitative estimate of drug-likeness (QED) is 0.720. The SMILES string of the molecule is CC(=O)c1cc(C[C@H]([NH3+])C(C)=O)ccc1O. The minimum atomic E-state index is -0.315. The van der Waals surface area contributed by atoms with Crippen molar-refractivity contribution in [3.63, 3.8) is 0 Å². The average Bonchev–Trinajstić information content (AvgIpc) is 2.20. The van der Waals surface area contributed by atoms with Crippen LogP contribution < -0.4 is 5.73 Å². The summed E-state index contributed by atoms with van der Waals surface area (Å²) in [5, 5.41) is 9.45. The highest BCUT2D eigenvalue weighted by atomic mass is 16.3. The number of hydrogen-bond acceptors (Lipinski definition) is 3. The number of phenols is 1. The van der Waals surface area contributed by atoms with Crippen molar-refractivity contribution in [2.24, 2.45) is 0 Å². The van der Waals surface area contributed by atoms with Gasteiger partial charge in [0, 0.05) is 13.3 Å². The monoisotopic (exact) mass is 222 g/mol. The summed E-state index contributed by atoms with van der Waals surface area (Å²) in [6.45, 7) is 2.88. The van der Waals surface area contributed by atoms with Gasteiger partial charge < -0.3 is 10.8 Å². The van der Waals surface area contributed by atoms with Gasteiger partial charge in [-0.25, -0.2) is 0 Å². The van der Waals surface area contributed by atoms with Crippen molar-refractivity contribution in [3.8, 4) is 5.75 Å². The third-order valence-electron chi connectivity index (χ3n) is 2.50. The van der Waals surface area contributed by atoms with Crippen LogP contribution in [0.5, 0.6) is 5.75 Å². The molecular weight excluding hydrogens is 206 g/mol. The topological polar surface area (TPSA) is 82.0 Å². The Morgan fingerprint density at radius 2 is 2.00 bits per heavy atom. The van der Waals surface area contributed by atoms with E-state index in [-0.39, 0.29) is 28.9 Å². The van der Waals surface area contributed by atoms with E-state index in [4.69, 9.17) is 0 Å². The van der Waals surface area contributed by atoms with Crippen molar-refractivity contribution in [1.29, 1.82) is 0 Å². The van der Waals surface area contributed by atoms with Crippen LogP contribution in [-0.2, 0) is 11.2 Å². The first-order valence-corrected chi connectivity index (χ1v) is 5.08. The normalized spacial score (nSPS) is 12.2. The summed E-state index contributed by atoms with van der Waals surface area (Å²) >= 11 is 0. The molecule has 1 rings (SSSR count). The van der Waals surface area contributed by atoms with Gasteiger partial charge in [-0.15, -0.1) is 0 Å². The van der Waals surface area contributed by atoms with Gasteiger partial charge in [0.2, 0.25) is 0 Å². The molecule has 0 unspecified atom stereocenters. The molecule has 0 aromatic heterocycles. The largest absolute Gasteiger partial charge is 0.507 e. The number of quaternary nitrogens is 1. The van der Waals surface area contributed by atoms with E-state index < -0.39 is 0 Å². The van der Waals surface area contributed by atoms with Gasteiger partial charge >= 0.3 is 0 Å². The second-order valence-corrected chi connectivity index (χ2v) is 3.92. The molecule has 0 saturated heterocycles. The molecule has 86 valence electrons. The van der Waals surface area contributed by atoms with Crippen molar-refractivity contribution in [2.45, 2.75) is 26.3 Å². The summed E-state index contributed by atoms with van der Waals surface area (Å²) < 4.78 is 0. The predicted molar refractivity (Wildman–Crippen MR) is 59.2 cm³/mol. The Labute approximate surface area is 94.1 Å². The van der Waals surface area contributed by atoms with Crippen LogP contribution in [0.25, 0.3) is 0 Å². The van der Waals surface area contributed by atoms with Gasteiger partial charge in [0.05, 0.1) is 5.56 Å². The van der Waals surface area contributed by atoms with Gasteiger partial charge in [0.1, 0.15) is 11.8 Å². The Bertz CT molecular complexity index is 426. The summed E-state index contributed by atoms with van der Waals surface area (Å²) in [7, 11) is 0. The van der Waals surface area contributed by atoms with E-state index in [1.54, 1.807) is 12.1 Å². The molecule has 0 aliphatic rings. The lowest BCUT2D eigenvalue weighted by molar-refractivity contribution is -0.402. The summed E-state index contributed by atoms with van der Waals surface area (Å²) in [6, 6.07) is 4.46. The molecule has 1 atom stereocenters. The van der Waals surface area contributed by atoms with Crippen LogP contribution in [0.2, 0.25) is 0 Å². The Balaban J connectivity index is 2.95. The number of Topliss-reactive ketones (excluding diaryl/α,β-unsaturated/α-hetero) is 2. The summed E-state index contributed by atoms with van der Waals surface area (Å²) in [5.74, 6) is -0.208. The maximum atomic E-state index is 11.2. The van der Waals surface area contributed by atoms with Gasteiger partial charge in [0.25, 0.3) is 0 Å². The second kappa shape index (κ2) is 4.90. The van der Waals surface area contributed by atoms with E-state index in [0.717, 1.165) is 5.56 Å². The van der Waals surface area contributed by atoms with Crippen LogP contribution in [0.1, 0.15) is 29.8 Å². The fourth-order valence-electron chi connectivity index (χ4n) is 1.42. The van der Waals surface area contributed by atoms with Crippen LogP contribution in [-0.4, -0.2) is 22.7 Å². The van der Waals surface area contributed by atoms with Crippen LogP contribution in [0.15, 0.2) is 18.2 Å². The fraction of sp³-hybridized carbons (Fsp3) is 0.333. The predicted octanol–water partition coefficient (Wildman–Crippen LogP) is 0.337. The van der Waals surface area contributed by atoms with E-state index in [0.29, 0.717) is 6.42 Å². The lowest BCUT2D eigenvalue weighted by Crippen LogP contribution is -2.65. The van der Waals surface area contributed by atoms with Gasteiger partial charge in [-0.1, -0.05) is 6.07 Å². The molecule has 0 saturated carbocycles. The zero-order valence-corrected chi connectivity index (χ0v) is 9.49. The lowest BCUT2D eigenvalue weighted by Gasteiger charge is -2.07. The van der Waals surface area contributed by atoms with Gasteiger partial charge in [-0.05, 0) is 24.6 Å². The van der Waals surface area contributed by atoms with Crippen molar-refractivity contribution in [3.05, 3.63) is 29.3 Å². The first kappa shape index (κ1) is 12.4. The zero-order valence-electron chi connectivity index (χ0n) is 9.49. The van der Waals surface area contributed by atoms with Crippen molar-refractivity contribution >= 4 is 11.6 Å². The molecule has 4 heteroatoms. The second-order valence-electron chi connectivity index (χ2n) is 3.92. The van der Waals surface area contributed by atoms with Crippen molar-refractivity contribution < 1.29 is 20.4 Å². The Hall–Kier alpha value is -1.68. The minimum Gasteiger partial charge on any atom is -0.507 e. The molecule has 0 aliphatic carbocycles. The molecule has 4 N–H and O–H groups in total. The van der Waals surface area contributed by atoms with Crippen LogP contribution in [0.4, 0.5) is 0 Å². The fourth-order valence-corrected chi connectivity index (χ4v) is 1.42. The number of hydrogen-bond donors (Lipinski definition) is 2. The number of ketones is 2. The molecule has 0 heterocycles. The molecule has 0 radical (unpaired) electrons. The molecule has 4 nitrogen and oxygen atoms in total. The zero-order chi connectivity index (χ0) is 12.3. The van der Waals surface area contributed by atoms with E-state index >= 15 is 0 Å². The first-order chi connectivity index (χ1) is 7.41. The van der Waals surface area contributed by atoms with Gasteiger partial charge in [-0.3, -0.25) is 9.59 Å². The van der Waals surface area contributed by atoms with E-state index in [1.165, 1.54) is 19.9 Å². The molecule has 1 aromatic rings. The van der Waals surface area contributed by atoms with Crippen LogP contribution >= 0.6 is 0 Å². The van der Waals surface area contributed by atoms with E-state index in [2.05, 4.69) is 5.73 Å². The number of rotatable bonds is 4. The van der Waals surface area contributed by atoms with E-state index in [9.17, 15) is 14.7 Å².